The summed E-state index contributed by atoms with van der Waals surface area (Å²) in [6, 6.07) is 0. The third-order valence-corrected chi connectivity index (χ3v) is 4.77. The molecule has 0 radical (unpaired) electrons. The van der Waals surface area contributed by atoms with Gasteiger partial charge in [0.25, 0.3) is 0 Å². The highest BCUT2D eigenvalue weighted by Gasteiger charge is 2.37. The van der Waals surface area contributed by atoms with Crippen LogP contribution in [0, 0.1) is 5.92 Å². The molecule has 1 amide bonds. The number of carbonyl (C=O) groups is 1. The fourth-order valence-corrected chi connectivity index (χ4v) is 3.35. The van der Waals surface area contributed by atoms with Crippen molar-refractivity contribution in [3.8, 4) is 0 Å². The van der Waals surface area contributed by atoms with Crippen molar-refractivity contribution in [2.75, 3.05) is 24.5 Å². The highest BCUT2D eigenvalue weighted by atomic mass is 16.2. The molecule has 21 heavy (non-hydrogen) atoms. The van der Waals surface area contributed by atoms with Crippen LogP contribution in [0.3, 0.4) is 0 Å². The second-order valence-corrected chi connectivity index (χ2v) is 6.45. The Morgan fingerprint density at radius 2 is 2.10 bits per heavy atom. The molecular weight excluding hydrogens is 264 g/mol. The summed E-state index contributed by atoms with van der Waals surface area (Å²) in [6.07, 6.45) is 5.86. The number of nitrogens with one attached hydrogen (secondary N) is 1. The van der Waals surface area contributed by atoms with Crippen LogP contribution >= 0.6 is 0 Å². The second-order valence-electron chi connectivity index (χ2n) is 6.45. The zero-order valence-corrected chi connectivity index (χ0v) is 12.6. The molecule has 0 bridgehead atoms. The van der Waals surface area contributed by atoms with Gasteiger partial charge in [-0.3, -0.25) is 4.79 Å². The Bertz CT molecular complexity index is 576. The number of hydrogen-bond donors (Lipinski definition) is 1. The van der Waals surface area contributed by atoms with Crippen LogP contribution in [0.15, 0.2) is 0 Å². The summed E-state index contributed by atoms with van der Waals surface area (Å²) in [5.74, 6) is 3.07. The van der Waals surface area contributed by atoms with Gasteiger partial charge in [-0.05, 0) is 39.0 Å². The third kappa shape index (κ3) is 2.28. The van der Waals surface area contributed by atoms with Gasteiger partial charge in [-0.15, -0.1) is 0 Å². The van der Waals surface area contributed by atoms with Gasteiger partial charge in [0.05, 0.1) is 5.92 Å². The number of aryl methyl sites for hydroxylation is 1. The predicted molar refractivity (Wildman–Crippen MR) is 80.4 cm³/mol. The van der Waals surface area contributed by atoms with Crippen molar-refractivity contribution < 1.29 is 4.79 Å². The van der Waals surface area contributed by atoms with Gasteiger partial charge in [0.1, 0.15) is 11.6 Å². The minimum absolute atomic E-state index is 0.126. The van der Waals surface area contributed by atoms with E-state index in [9.17, 15) is 4.79 Å². The van der Waals surface area contributed by atoms with E-state index in [1.54, 1.807) is 0 Å². The summed E-state index contributed by atoms with van der Waals surface area (Å²) in [5, 5.41) is 2.91. The van der Waals surface area contributed by atoms with Crippen molar-refractivity contribution in [1.29, 1.82) is 0 Å². The van der Waals surface area contributed by atoms with Crippen LogP contribution in [0.4, 0.5) is 5.82 Å². The summed E-state index contributed by atoms with van der Waals surface area (Å²) in [7, 11) is 0. The van der Waals surface area contributed by atoms with Gasteiger partial charge in [-0.25, -0.2) is 9.97 Å². The molecule has 0 unspecified atom stereocenters. The maximum absolute atomic E-state index is 11.9. The van der Waals surface area contributed by atoms with E-state index in [4.69, 9.17) is 9.97 Å². The first-order valence-electron chi connectivity index (χ1n) is 8.18. The normalized spacial score (nSPS) is 21.1. The van der Waals surface area contributed by atoms with E-state index in [0.29, 0.717) is 12.5 Å². The highest BCUT2D eigenvalue weighted by Crippen LogP contribution is 2.41. The number of amides is 1. The molecule has 1 N–H and O–H groups in total. The van der Waals surface area contributed by atoms with E-state index in [0.717, 1.165) is 37.6 Å². The molecule has 2 aliphatic carbocycles. The van der Waals surface area contributed by atoms with E-state index in [-0.39, 0.29) is 11.8 Å². The molecular formula is C16H22N4O. The molecule has 5 heteroatoms. The molecule has 0 aromatic carbocycles. The zero-order valence-electron chi connectivity index (χ0n) is 12.6. The SMILES string of the molecule is CCNC(=O)C1CN(c2nc(C3CC3)nc3c2CCC3)C1. The number of anilines is 1. The molecule has 1 aliphatic heterocycles. The van der Waals surface area contributed by atoms with Crippen molar-refractivity contribution >= 4 is 11.7 Å². The molecule has 1 saturated carbocycles. The van der Waals surface area contributed by atoms with Crippen molar-refractivity contribution in [1.82, 2.24) is 15.3 Å². The molecule has 2 fully saturated rings. The monoisotopic (exact) mass is 286 g/mol. The fraction of sp³-hybridized carbons (Fsp3) is 0.688. The Kier molecular flexibility index (Phi) is 3.08. The van der Waals surface area contributed by atoms with Gasteiger partial charge in [0.2, 0.25) is 5.91 Å². The van der Waals surface area contributed by atoms with Crippen LogP contribution in [-0.4, -0.2) is 35.5 Å². The number of rotatable bonds is 4. The van der Waals surface area contributed by atoms with Crippen molar-refractivity contribution in [3.63, 3.8) is 0 Å². The van der Waals surface area contributed by atoms with Gasteiger partial charge in [-0.1, -0.05) is 0 Å². The molecule has 3 aliphatic rings. The third-order valence-electron chi connectivity index (χ3n) is 4.77. The Morgan fingerprint density at radius 3 is 2.81 bits per heavy atom. The van der Waals surface area contributed by atoms with Crippen molar-refractivity contribution in [2.45, 2.75) is 44.9 Å². The minimum Gasteiger partial charge on any atom is -0.356 e. The van der Waals surface area contributed by atoms with E-state index < -0.39 is 0 Å². The zero-order chi connectivity index (χ0) is 14.4. The van der Waals surface area contributed by atoms with Crippen LogP contribution < -0.4 is 10.2 Å². The van der Waals surface area contributed by atoms with Crippen LogP contribution in [0.1, 0.15) is 49.2 Å². The lowest BCUT2D eigenvalue weighted by Gasteiger charge is -2.40. The fourth-order valence-electron chi connectivity index (χ4n) is 3.35. The summed E-state index contributed by atoms with van der Waals surface area (Å²) < 4.78 is 0. The van der Waals surface area contributed by atoms with E-state index >= 15 is 0 Å². The summed E-state index contributed by atoms with van der Waals surface area (Å²) in [5.41, 5.74) is 2.61. The van der Waals surface area contributed by atoms with Crippen molar-refractivity contribution in [2.24, 2.45) is 5.92 Å². The molecule has 1 aromatic rings. The topological polar surface area (TPSA) is 58.1 Å². The van der Waals surface area contributed by atoms with Crippen LogP contribution in [-0.2, 0) is 17.6 Å². The average molecular weight is 286 g/mol. The van der Waals surface area contributed by atoms with Crippen LogP contribution in [0.5, 0.6) is 0 Å². The molecule has 5 nitrogen and oxygen atoms in total. The Labute approximate surface area is 125 Å². The Balaban J connectivity index is 1.54. The molecule has 112 valence electrons. The number of fused-ring (bicyclic) bond motifs is 1. The molecule has 2 heterocycles. The average Bonchev–Trinajstić information content (AvgIpc) is 3.15. The second kappa shape index (κ2) is 4.97. The molecule has 1 saturated heterocycles. The molecule has 4 rings (SSSR count). The minimum atomic E-state index is 0.126. The lowest BCUT2D eigenvalue weighted by atomic mass is 9.98. The Morgan fingerprint density at radius 1 is 1.29 bits per heavy atom. The smallest absolute Gasteiger partial charge is 0.226 e. The predicted octanol–water partition coefficient (Wildman–Crippen LogP) is 1.41. The maximum Gasteiger partial charge on any atom is 0.226 e. The highest BCUT2D eigenvalue weighted by molar-refractivity contribution is 5.81. The van der Waals surface area contributed by atoms with Gasteiger partial charge in [-0.2, -0.15) is 0 Å². The molecule has 0 atom stereocenters. The number of hydrogen-bond acceptors (Lipinski definition) is 4. The van der Waals surface area contributed by atoms with Crippen LogP contribution in [0.25, 0.3) is 0 Å². The molecule has 0 spiro atoms. The van der Waals surface area contributed by atoms with E-state index in [1.807, 2.05) is 6.92 Å². The lowest BCUT2D eigenvalue weighted by Crippen LogP contribution is -2.54. The first-order chi connectivity index (χ1) is 10.3. The van der Waals surface area contributed by atoms with Crippen molar-refractivity contribution in [3.05, 3.63) is 17.1 Å². The van der Waals surface area contributed by atoms with Gasteiger partial charge in [0.15, 0.2) is 0 Å². The molecule has 1 aromatic heterocycles. The lowest BCUT2D eigenvalue weighted by molar-refractivity contribution is -0.125. The first-order valence-corrected chi connectivity index (χ1v) is 8.18. The maximum atomic E-state index is 11.9. The summed E-state index contributed by atoms with van der Waals surface area (Å²) in [6.45, 7) is 4.29. The number of carbonyl (C=O) groups excluding carboxylic acids is 1. The number of nitrogens with zero attached hydrogens (tertiary/aromatic N) is 3. The van der Waals surface area contributed by atoms with Gasteiger partial charge < -0.3 is 10.2 Å². The van der Waals surface area contributed by atoms with Gasteiger partial charge >= 0.3 is 0 Å². The summed E-state index contributed by atoms with van der Waals surface area (Å²) >= 11 is 0. The summed E-state index contributed by atoms with van der Waals surface area (Å²) in [4.78, 5) is 23.8. The Hall–Kier alpha value is -1.65. The van der Waals surface area contributed by atoms with E-state index in [2.05, 4.69) is 10.2 Å². The standard InChI is InChI=1S/C16H22N4O/c1-2-17-16(21)11-8-20(9-11)15-12-4-3-5-13(12)18-14(19-15)10-6-7-10/h10-11H,2-9H2,1H3,(H,17,21). The number of aromatic nitrogens is 2. The first kappa shape index (κ1) is 13.0. The largest absolute Gasteiger partial charge is 0.356 e. The van der Waals surface area contributed by atoms with Crippen LogP contribution in [0.2, 0.25) is 0 Å². The van der Waals surface area contributed by atoms with E-state index in [1.165, 1.54) is 30.5 Å². The van der Waals surface area contributed by atoms with Gasteiger partial charge in [0, 0.05) is 36.8 Å². The quantitative estimate of drug-likeness (QED) is 0.909.